The van der Waals surface area contributed by atoms with E-state index < -0.39 is 0 Å². The van der Waals surface area contributed by atoms with Gasteiger partial charge in [0.25, 0.3) is 0 Å². The van der Waals surface area contributed by atoms with Crippen molar-refractivity contribution in [1.29, 1.82) is 0 Å². The fourth-order valence-electron chi connectivity index (χ4n) is 10.6. The number of allylic oxidation sites excluding steroid dienone is 12. The lowest BCUT2D eigenvalue weighted by Gasteiger charge is -2.28. The highest BCUT2D eigenvalue weighted by molar-refractivity contribution is 5.96. The molecule has 300 valence electrons. The van der Waals surface area contributed by atoms with E-state index in [0.29, 0.717) is 0 Å². The van der Waals surface area contributed by atoms with Crippen LogP contribution in [0.15, 0.2) is 164 Å². The van der Waals surface area contributed by atoms with Crippen LogP contribution in [0.3, 0.4) is 0 Å². The van der Waals surface area contributed by atoms with Crippen molar-refractivity contribution in [2.75, 3.05) is 4.90 Å². The van der Waals surface area contributed by atoms with E-state index in [-0.39, 0.29) is 5.41 Å². The van der Waals surface area contributed by atoms with Gasteiger partial charge in [-0.2, -0.15) is 0 Å². The van der Waals surface area contributed by atoms with Crippen LogP contribution in [0.2, 0.25) is 0 Å². The molecular formula is C58H53N3. The van der Waals surface area contributed by atoms with Crippen molar-refractivity contribution >= 4 is 50.8 Å². The van der Waals surface area contributed by atoms with Crippen LogP contribution in [0.1, 0.15) is 104 Å². The van der Waals surface area contributed by atoms with Gasteiger partial charge in [0.05, 0.1) is 5.52 Å². The molecule has 0 spiro atoms. The number of hydrogen-bond donors (Lipinski definition) is 1. The van der Waals surface area contributed by atoms with E-state index in [1.807, 2.05) is 0 Å². The number of rotatable bonds is 7. The Morgan fingerprint density at radius 1 is 0.541 bits per heavy atom. The van der Waals surface area contributed by atoms with Gasteiger partial charge in [0.2, 0.25) is 0 Å². The van der Waals surface area contributed by atoms with E-state index in [2.05, 4.69) is 187 Å². The largest absolute Gasteiger partial charge is 0.398 e. The average molecular weight is 792 g/mol. The topological polar surface area (TPSA) is 34.2 Å². The number of aromatic nitrogens is 1. The SMILES string of the molecule is CC1(C)c2ccc(C3=CCCC=C3)cc2-c2ccc(N(c3ccc(C4=CCCCC=C4)cc3)c3ccc(-n4c5c(c6ccc(C7=C(N)C=CCC7)cc64)C=CCC5)cc3)cc21. The van der Waals surface area contributed by atoms with Crippen LogP contribution >= 0.6 is 0 Å². The van der Waals surface area contributed by atoms with E-state index in [1.165, 1.54) is 89.9 Å². The molecule has 61 heavy (non-hydrogen) atoms. The van der Waals surface area contributed by atoms with E-state index in [4.69, 9.17) is 5.73 Å². The van der Waals surface area contributed by atoms with Crippen LogP contribution in [-0.2, 0) is 11.8 Å². The van der Waals surface area contributed by atoms with Gasteiger partial charge in [-0.05, 0) is 180 Å². The maximum atomic E-state index is 6.56. The third-order valence-electron chi connectivity index (χ3n) is 13.8. The van der Waals surface area contributed by atoms with Gasteiger partial charge in [0.1, 0.15) is 0 Å². The van der Waals surface area contributed by atoms with Gasteiger partial charge < -0.3 is 15.2 Å². The minimum absolute atomic E-state index is 0.135. The predicted octanol–water partition coefficient (Wildman–Crippen LogP) is 15.2. The summed E-state index contributed by atoms with van der Waals surface area (Å²) in [7, 11) is 0. The molecule has 0 bridgehead atoms. The minimum Gasteiger partial charge on any atom is -0.398 e. The summed E-state index contributed by atoms with van der Waals surface area (Å²) in [6.45, 7) is 4.78. The Morgan fingerprint density at radius 3 is 2.03 bits per heavy atom. The Bertz CT molecular complexity index is 2950. The summed E-state index contributed by atoms with van der Waals surface area (Å²) in [5, 5.41) is 1.30. The summed E-state index contributed by atoms with van der Waals surface area (Å²) < 4.78 is 2.51. The van der Waals surface area contributed by atoms with Crippen LogP contribution in [0, 0.1) is 0 Å². The molecule has 3 heteroatoms. The molecule has 0 unspecified atom stereocenters. The molecule has 0 saturated carbocycles. The summed E-state index contributed by atoms with van der Waals surface area (Å²) in [6.07, 6.45) is 32.6. The Hall–Kier alpha value is -6.58. The summed E-state index contributed by atoms with van der Waals surface area (Å²) in [6, 6.07) is 39.7. The highest BCUT2D eigenvalue weighted by atomic mass is 15.1. The van der Waals surface area contributed by atoms with Crippen LogP contribution in [0.25, 0.3) is 50.5 Å². The molecular weight excluding hydrogens is 739 g/mol. The summed E-state index contributed by atoms with van der Waals surface area (Å²) in [4.78, 5) is 2.45. The quantitative estimate of drug-likeness (QED) is 0.175. The number of nitrogens with two attached hydrogens (primary N) is 1. The predicted molar refractivity (Wildman–Crippen MR) is 260 cm³/mol. The number of nitrogens with zero attached hydrogens (tertiary/aromatic N) is 2. The molecule has 5 aromatic carbocycles. The standard InChI is InChI=1S/C58H53N3/c1-58(2)53-35-25-42(40-16-8-5-9-17-40)36-52(53)49-34-32-47(38-54(49)58)60(44-26-22-41(23-27-44)39-14-6-3-4-7-15-39)45-28-30-46(31-29-45)61-56-21-13-11-19-50(56)51-33-24-43(37-57(51)61)48-18-10-12-20-55(48)59/h6,8,11-12,14-17,19-20,22-38H,3-5,7,9-10,13,18,21,59H2,1-2H3. The molecule has 11 rings (SSSR count). The Kier molecular flexibility index (Phi) is 9.30. The van der Waals surface area contributed by atoms with Crippen molar-refractivity contribution < 1.29 is 0 Å². The van der Waals surface area contributed by atoms with Crippen molar-refractivity contribution in [3.63, 3.8) is 0 Å². The van der Waals surface area contributed by atoms with E-state index in [1.54, 1.807) is 0 Å². The van der Waals surface area contributed by atoms with Gasteiger partial charge >= 0.3 is 0 Å². The van der Waals surface area contributed by atoms with Gasteiger partial charge in [-0.15, -0.1) is 0 Å². The number of fused-ring (bicyclic) bond motifs is 6. The Morgan fingerprint density at radius 2 is 1.23 bits per heavy atom. The van der Waals surface area contributed by atoms with Gasteiger partial charge in [-0.25, -0.2) is 0 Å². The lowest BCUT2D eigenvalue weighted by atomic mass is 9.82. The smallest absolute Gasteiger partial charge is 0.0543 e. The average Bonchev–Trinajstić information content (AvgIpc) is 3.55. The van der Waals surface area contributed by atoms with Crippen LogP contribution < -0.4 is 10.6 Å². The minimum atomic E-state index is -0.135. The maximum absolute atomic E-state index is 6.56. The van der Waals surface area contributed by atoms with Crippen molar-refractivity contribution in [1.82, 2.24) is 4.57 Å². The maximum Gasteiger partial charge on any atom is 0.0543 e. The first-order valence-electron chi connectivity index (χ1n) is 22.5. The Balaban J connectivity index is 1.02. The van der Waals surface area contributed by atoms with E-state index >= 15 is 0 Å². The molecule has 5 aliphatic carbocycles. The van der Waals surface area contributed by atoms with Crippen LogP contribution in [0.5, 0.6) is 0 Å². The van der Waals surface area contributed by atoms with Gasteiger partial charge in [0.15, 0.2) is 0 Å². The van der Waals surface area contributed by atoms with Crippen LogP contribution in [0.4, 0.5) is 17.1 Å². The Labute approximate surface area is 360 Å². The zero-order valence-corrected chi connectivity index (χ0v) is 35.4. The highest BCUT2D eigenvalue weighted by Crippen LogP contribution is 2.51. The summed E-state index contributed by atoms with van der Waals surface area (Å²) >= 11 is 0. The molecule has 1 aromatic heterocycles. The van der Waals surface area contributed by atoms with E-state index in [9.17, 15) is 0 Å². The zero-order chi connectivity index (χ0) is 41.1. The molecule has 0 atom stereocenters. The van der Waals surface area contributed by atoms with Gasteiger partial charge in [0, 0.05) is 50.5 Å². The first-order valence-corrected chi connectivity index (χ1v) is 22.5. The normalized spacial score (nSPS) is 17.5. The number of benzene rings is 5. The number of anilines is 3. The van der Waals surface area contributed by atoms with Gasteiger partial charge in [-0.3, -0.25) is 0 Å². The monoisotopic (exact) mass is 791 g/mol. The van der Waals surface area contributed by atoms with Crippen molar-refractivity contribution in [3.8, 4) is 16.8 Å². The third-order valence-corrected chi connectivity index (χ3v) is 13.8. The number of hydrogen-bond acceptors (Lipinski definition) is 2. The highest BCUT2D eigenvalue weighted by Gasteiger charge is 2.36. The lowest BCUT2D eigenvalue weighted by Crippen LogP contribution is -2.16. The van der Waals surface area contributed by atoms with Crippen molar-refractivity contribution in [2.45, 2.75) is 77.0 Å². The second-order valence-corrected chi connectivity index (χ2v) is 17.9. The second kappa shape index (κ2) is 15.2. The van der Waals surface area contributed by atoms with E-state index in [0.717, 1.165) is 74.1 Å². The fraction of sp³-hybridized carbons (Fsp3) is 0.207. The molecule has 1 heterocycles. The zero-order valence-electron chi connectivity index (χ0n) is 35.4. The molecule has 5 aliphatic rings. The second-order valence-electron chi connectivity index (χ2n) is 17.9. The fourth-order valence-corrected chi connectivity index (χ4v) is 10.6. The van der Waals surface area contributed by atoms with Gasteiger partial charge in [-0.1, -0.05) is 111 Å². The molecule has 0 fully saturated rings. The van der Waals surface area contributed by atoms with Crippen molar-refractivity contribution in [3.05, 3.63) is 203 Å². The van der Waals surface area contributed by atoms with Crippen molar-refractivity contribution in [2.24, 2.45) is 5.73 Å². The lowest BCUT2D eigenvalue weighted by molar-refractivity contribution is 0.660. The molecule has 0 amide bonds. The molecule has 3 nitrogen and oxygen atoms in total. The summed E-state index contributed by atoms with van der Waals surface area (Å²) in [5.41, 5.74) is 29.0. The first kappa shape index (κ1) is 37.4. The molecule has 0 radical (unpaired) electrons. The third kappa shape index (κ3) is 6.50. The van der Waals surface area contributed by atoms with Crippen LogP contribution in [-0.4, -0.2) is 4.57 Å². The summed E-state index contributed by atoms with van der Waals surface area (Å²) in [5.74, 6) is 0. The molecule has 2 N–H and O–H groups in total. The molecule has 0 aliphatic heterocycles. The molecule has 6 aromatic rings. The molecule has 0 saturated heterocycles. The first-order chi connectivity index (χ1) is 29.9.